The summed E-state index contributed by atoms with van der Waals surface area (Å²) in [5, 5.41) is 3.57. The quantitative estimate of drug-likeness (QED) is 0.846. The lowest BCUT2D eigenvalue weighted by molar-refractivity contribution is 0.288. The number of rotatable bonds is 6. The zero-order valence-corrected chi connectivity index (χ0v) is 11.7. The molecule has 2 nitrogen and oxygen atoms in total. The van der Waals surface area contributed by atoms with Crippen molar-refractivity contribution < 1.29 is 0 Å². The number of hydrogen-bond donors (Lipinski definition) is 2. The SMILES string of the molecule is NCC(NCCC1CCC1)c1cccc(Br)c1. The van der Waals surface area contributed by atoms with Crippen molar-refractivity contribution in [3.63, 3.8) is 0 Å². The van der Waals surface area contributed by atoms with Crippen LogP contribution in [-0.2, 0) is 0 Å². The lowest BCUT2D eigenvalue weighted by Crippen LogP contribution is -2.30. The van der Waals surface area contributed by atoms with Crippen molar-refractivity contribution in [3.05, 3.63) is 34.3 Å². The molecule has 1 fully saturated rings. The Morgan fingerprint density at radius 3 is 2.82 bits per heavy atom. The van der Waals surface area contributed by atoms with E-state index in [1.165, 1.54) is 31.2 Å². The fourth-order valence-corrected chi connectivity index (χ4v) is 2.72. The molecule has 1 aliphatic carbocycles. The van der Waals surface area contributed by atoms with Crippen molar-refractivity contribution in [2.24, 2.45) is 11.7 Å². The third-order valence-electron chi connectivity index (χ3n) is 3.65. The van der Waals surface area contributed by atoms with Crippen molar-refractivity contribution in [1.29, 1.82) is 0 Å². The Bertz CT molecular complexity index is 350. The van der Waals surface area contributed by atoms with Gasteiger partial charge in [-0.3, -0.25) is 0 Å². The van der Waals surface area contributed by atoms with E-state index in [-0.39, 0.29) is 6.04 Å². The Morgan fingerprint density at radius 2 is 2.24 bits per heavy atom. The van der Waals surface area contributed by atoms with Crippen LogP contribution in [0.5, 0.6) is 0 Å². The minimum absolute atomic E-state index is 0.285. The van der Waals surface area contributed by atoms with Gasteiger partial charge < -0.3 is 11.1 Å². The van der Waals surface area contributed by atoms with Crippen molar-refractivity contribution >= 4 is 15.9 Å². The normalized spacial score (nSPS) is 17.8. The lowest BCUT2D eigenvalue weighted by Gasteiger charge is -2.26. The number of nitrogens with one attached hydrogen (secondary N) is 1. The second-order valence-corrected chi connectivity index (χ2v) is 5.80. The average molecular weight is 297 g/mol. The van der Waals surface area contributed by atoms with Gasteiger partial charge >= 0.3 is 0 Å². The fourth-order valence-electron chi connectivity index (χ4n) is 2.30. The molecule has 1 aromatic carbocycles. The van der Waals surface area contributed by atoms with Crippen molar-refractivity contribution in [2.45, 2.75) is 31.7 Å². The van der Waals surface area contributed by atoms with Crippen LogP contribution in [0, 0.1) is 5.92 Å². The van der Waals surface area contributed by atoms with Crippen molar-refractivity contribution in [2.75, 3.05) is 13.1 Å². The Balaban J connectivity index is 1.82. The first-order valence-electron chi connectivity index (χ1n) is 6.48. The average Bonchev–Trinajstić information content (AvgIpc) is 2.27. The molecule has 0 bridgehead atoms. The summed E-state index contributed by atoms with van der Waals surface area (Å²) < 4.78 is 1.12. The van der Waals surface area contributed by atoms with Crippen LogP contribution < -0.4 is 11.1 Å². The van der Waals surface area contributed by atoms with E-state index in [0.717, 1.165) is 16.9 Å². The van der Waals surface area contributed by atoms with Gasteiger partial charge in [0.05, 0.1) is 0 Å². The molecule has 2 rings (SSSR count). The first kappa shape index (κ1) is 13.1. The van der Waals surface area contributed by atoms with Gasteiger partial charge in [-0.2, -0.15) is 0 Å². The van der Waals surface area contributed by atoms with Crippen LogP contribution in [0.25, 0.3) is 0 Å². The Hall–Kier alpha value is -0.380. The molecule has 0 amide bonds. The lowest BCUT2D eigenvalue weighted by atomic mass is 9.83. The van der Waals surface area contributed by atoms with E-state index < -0.39 is 0 Å². The van der Waals surface area contributed by atoms with Gasteiger partial charge in [0.25, 0.3) is 0 Å². The minimum atomic E-state index is 0.285. The van der Waals surface area contributed by atoms with E-state index >= 15 is 0 Å². The van der Waals surface area contributed by atoms with Gasteiger partial charge in [-0.15, -0.1) is 0 Å². The second kappa shape index (κ2) is 6.53. The molecule has 0 radical (unpaired) electrons. The number of halogens is 1. The zero-order valence-electron chi connectivity index (χ0n) is 10.2. The van der Waals surface area contributed by atoms with Crippen LogP contribution in [-0.4, -0.2) is 13.1 Å². The Kier molecular flexibility index (Phi) is 5.01. The van der Waals surface area contributed by atoms with Crippen LogP contribution in [0.15, 0.2) is 28.7 Å². The molecular weight excluding hydrogens is 276 g/mol. The zero-order chi connectivity index (χ0) is 12.1. The van der Waals surface area contributed by atoms with E-state index in [0.29, 0.717) is 6.54 Å². The maximum atomic E-state index is 5.84. The minimum Gasteiger partial charge on any atom is -0.329 e. The van der Waals surface area contributed by atoms with Gasteiger partial charge in [0, 0.05) is 17.1 Å². The molecule has 1 aliphatic rings. The molecule has 0 saturated heterocycles. The molecule has 94 valence electrons. The standard InChI is InChI=1S/C14H21BrN2/c15-13-6-2-5-12(9-13)14(10-16)17-8-7-11-3-1-4-11/h2,5-6,9,11,14,17H,1,3-4,7-8,10,16H2. The van der Waals surface area contributed by atoms with Crippen LogP contribution in [0.3, 0.4) is 0 Å². The second-order valence-electron chi connectivity index (χ2n) is 4.88. The highest BCUT2D eigenvalue weighted by molar-refractivity contribution is 9.10. The monoisotopic (exact) mass is 296 g/mol. The summed E-state index contributed by atoms with van der Waals surface area (Å²) in [6.07, 6.45) is 5.57. The summed E-state index contributed by atoms with van der Waals surface area (Å²) in [6.45, 7) is 1.74. The van der Waals surface area contributed by atoms with E-state index in [1.54, 1.807) is 0 Å². The molecule has 1 aromatic rings. The summed E-state index contributed by atoms with van der Waals surface area (Å²) in [5.74, 6) is 0.962. The van der Waals surface area contributed by atoms with E-state index in [2.05, 4.69) is 39.4 Å². The molecule has 3 N–H and O–H groups in total. The molecular formula is C14H21BrN2. The Morgan fingerprint density at radius 1 is 1.41 bits per heavy atom. The highest BCUT2D eigenvalue weighted by atomic mass is 79.9. The summed E-state index contributed by atoms with van der Waals surface area (Å²) in [4.78, 5) is 0. The van der Waals surface area contributed by atoms with Crippen LogP contribution in [0.1, 0.15) is 37.3 Å². The molecule has 1 atom stereocenters. The predicted molar refractivity (Wildman–Crippen MR) is 75.9 cm³/mol. The van der Waals surface area contributed by atoms with Gasteiger partial charge in [-0.05, 0) is 36.6 Å². The summed E-state index contributed by atoms with van der Waals surface area (Å²) in [5.41, 5.74) is 7.11. The third-order valence-corrected chi connectivity index (χ3v) is 4.15. The molecule has 0 heterocycles. The van der Waals surface area contributed by atoms with E-state index in [4.69, 9.17) is 5.73 Å². The van der Waals surface area contributed by atoms with Gasteiger partial charge in [0.15, 0.2) is 0 Å². The molecule has 3 heteroatoms. The van der Waals surface area contributed by atoms with Crippen molar-refractivity contribution in [3.8, 4) is 0 Å². The first-order chi connectivity index (χ1) is 8.29. The highest BCUT2D eigenvalue weighted by Crippen LogP contribution is 2.29. The van der Waals surface area contributed by atoms with Gasteiger partial charge in [0.1, 0.15) is 0 Å². The van der Waals surface area contributed by atoms with Crippen molar-refractivity contribution in [1.82, 2.24) is 5.32 Å². The molecule has 0 aromatic heterocycles. The molecule has 1 unspecified atom stereocenters. The van der Waals surface area contributed by atoms with Gasteiger partial charge in [-0.25, -0.2) is 0 Å². The van der Waals surface area contributed by atoms with Gasteiger partial charge in [-0.1, -0.05) is 47.3 Å². The van der Waals surface area contributed by atoms with E-state index in [9.17, 15) is 0 Å². The molecule has 0 spiro atoms. The van der Waals surface area contributed by atoms with Crippen LogP contribution in [0.2, 0.25) is 0 Å². The van der Waals surface area contributed by atoms with Crippen LogP contribution in [0.4, 0.5) is 0 Å². The highest BCUT2D eigenvalue weighted by Gasteiger charge is 2.17. The molecule has 0 aliphatic heterocycles. The summed E-state index contributed by atoms with van der Waals surface area (Å²) in [7, 11) is 0. The first-order valence-corrected chi connectivity index (χ1v) is 7.28. The molecule has 17 heavy (non-hydrogen) atoms. The predicted octanol–water partition coefficient (Wildman–Crippen LogP) is 3.23. The number of nitrogens with two attached hydrogens (primary N) is 1. The van der Waals surface area contributed by atoms with Gasteiger partial charge in [0.2, 0.25) is 0 Å². The summed E-state index contributed by atoms with van der Waals surface area (Å²) >= 11 is 3.50. The maximum Gasteiger partial charge on any atom is 0.0444 e. The largest absolute Gasteiger partial charge is 0.329 e. The maximum absolute atomic E-state index is 5.84. The van der Waals surface area contributed by atoms with Crippen LogP contribution >= 0.6 is 15.9 Å². The fraction of sp³-hybridized carbons (Fsp3) is 0.571. The number of benzene rings is 1. The topological polar surface area (TPSA) is 38.0 Å². The Labute approximate surface area is 112 Å². The molecule has 1 saturated carbocycles. The van der Waals surface area contributed by atoms with E-state index in [1.807, 2.05) is 6.07 Å². The smallest absolute Gasteiger partial charge is 0.0444 e. The number of hydrogen-bond acceptors (Lipinski definition) is 2. The third kappa shape index (κ3) is 3.80. The summed E-state index contributed by atoms with van der Waals surface area (Å²) in [6, 6.07) is 8.68.